The predicted molar refractivity (Wildman–Crippen MR) is 46.7 cm³/mol. The van der Waals surface area contributed by atoms with Crippen molar-refractivity contribution >= 4 is 5.78 Å². The summed E-state index contributed by atoms with van der Waals surface area (Å²) in [5.74, 6) is 0.309. The van der Waals surface area contributed by atoms with Gasteiger partial charge in [0.05, 0.1) is 6.54 Å². The normalized spacial score (nSPS) is 10.5. The van der Waals surface area contributed by atoms with Crippen LogP contribution in [0.25, 0.3) is 0 Å². The van der Waals surface area contributed by atoms with Crippen LogP contribution in [0.2, 0.25) is 0 Å². The highest BCUT2D eigenvalue weighted by atomic mass is 16.1. The van der Waals surface area contributed by atoms with Crippen LogP contribution in [0.3, 0.4) is 0 Å². The molecule has 0 spiro atoms. The molecule has 0 aliphatic heterocycles. The summed E-state index contributed by atoms with van der Waals surface area (Å²) >= 11 is 0. The summed E-state index contributed by atoms with van der Waals surface area (Å²) in [6, 6.07) is 0. The Kier molecular flexibility index (Phi) is 6.07. The van der Waals surface area contributed by atoms with E-state index in [-0.39, 0.29) is 0 Å². The first-order valence-electron chi connectivity index (χ1n) is 4.05. The van der Waals surface area contributed by atoms with E-state index >= 15 is 0 Å². The summed E-state index contributed by atoms with van der Waals surface area (Å²) < 4.78 is 0. The maximum absolute atomic E-state index is 10.9. The third-order valence-electron chi connectivity index (χ3n) is 1.58. The molecule has 3 nitrogen and oxygen atoms in total. The third-order valence-corrected chi connectivity index (χ3v) is 1.58. The lowest BCUT2D eigenvalue weighted by Gasteiger charge is -2.14. The van der Waals surface area contributed by atoms with E-state index in [0.717, 1.165) is 13.1 Å². The van der Waals surface area contributed by atoms with Crippen molar-refractivity contribution in [3.8, 4) is 0 Å². The molecule has 0 fully saturated rings. The minimum absolute atomic E-state index is 0.309. The smallest absolute Gasteiger partial charge is 0.146 e. The van der Waals surface area contributed by atoms with Crippen LogP contribution < -0.4 is 5.32 Å². The number of Topliss-reactive ketones (excluding diaryl/α,β-unsaturated/α-hetero) is 1. The first-order chi connectivity index (χ1) is 5.20. The number of rotatable bonds is 6. The van der Waals surface area contributed by atoms with Crippen LogP contribution >= 0.6 is 0 Å². The molecule has 0 aromatic carbocycles. The van der Waals surface area contributed by atoms with Gasteiger partial charge in [-0.15, -0.1) is 0 Å². The Balaban J connectivity index is 3.35. The number of carbonyl (C=O) groups excluding carboxylic acids is 1. The maximum Gasteiger partial charge on any atom is 0.146 e. The Hall–Kier alpha value is -0.410. The fourth-order valence-electron chi connectivity index (χ4n) is 0.795. The molecule has 0 aromatic heterocycles. The standard InChI is InChI=1S/C8H18N2O/c1-4-8(11)7-10(3)6-5-9-2/h9H,4-7H2,1-3H3. The minimum atomic E-state index is 0.309. The molecular formula is C8H18N2O. The van der Waals surface area contributed by atoms with Gasteiger partial charge in [0.2, 0.25) is 0 Å². The van der Waals surface area contributed by atoms with Crippen molar-refractivity contribution in [2.45, 2.75) is 13.3 Å². The molecule has 0 heterocycles. The van der Waals surface area contributed by atoms with Crippen molar-refractivity contribution in [1.82, 2.24) is 10.2 Å². The summed E-state index contributed by atoms with van der Waals surface area (Å²) in [6.45, 7) is 4.35. The van der Waals surface area contributed by atoms with Gasteiger partial charge in [-0.25, -0.2) is 0 Å². The number of ketones is 1. The molecule has 0 amide bonds. The Morgan fingerprint density at radius 1 is 1.55 bits per heavy atom. The van der Waals surface area contributed by atoms with Gasteiger partial charge in [0.25, 0.3) is 0 Å². The summed E-state index contributed by atoms with van der Waals surface area (Å²) in [7, 11) is 3.88. The highest BCUT2D eigenvalue weighted by Crippen LogP contribution is 1.85. The predicted octanol–water partition coefficient (Wildman–Crippen LogP) is 0.117. The fourth-order valence-corrected chi connectivity index (χ4v) is 0.795. The lowest BCUT2D eigenvalue weighted by molar-refractivity contribution is -0.119. The number of hydrogen-bond acceptors (Lipinski definition) is 3. The number of likely N-dealkylation sites (N-methyl/N-ethyl adjacent to an activating group) is 2. The van der Waals surface area contributed by atoms with E-state index < -0.39 is 0 Å². The molecule has 3 heteroatoms. The average Bonchev–Trinajstić information content (AvgIpc) is 2.00. The first-order valence-corrected chi connectivity index (χ1v) is 4.05. The highest BCUT2D eigenvalue weighted by molar-refractivity contribution is 5.80. The van der Waals surface area contributed by atoms with Gasteiger partial charge in [0, 0.05) is 19.5 Å². The van der Waals surface area contributed by atoms with E-state index in [4.69, 9.17) is 0 Å². The molecule has 1 N–H and O–H groups in total. The molecule has 0 saturated heterocycles. The van der Waals surface area contributed by atoms with Gasteiger partial charge in [-0.2, -0.15) is 0 Å². The number of nitrogens with zero attached hydrogens (tertiary/aromatic N) is 1. The van der Waals surface area contributed by atoms with Crippen LogP contribution in [0.5, 0.6) is 0 Å². The maximum atomic E-state index is 10.9. The Morgan fingerprint density at radius 3 is 2.64 bits per heavy atom. The monoisotopic (exact) mass is 158 g/mol. The summed E-state index contributed by atoms with van der Waals surface area (Å²) in [6.07, 6.45) is 0.643. The van der Waals surface area contributed by atoms with Crippen LogP contribution in [0.15, 0.2) is 0 Å². The van der Waals surface area contributed by atoms with Gasteiger partial charge in [-0.3, -0.25) is 9.69 Å². The molecule has 0 aromatic rings. The van der Waals surface area contributed by atoms with E-state index in [9.17, 15) is 4.79 Å². The molecule has 0 aliphatic rings. The molecule has 0 unspecified atom stereocenters. The van der Waals surface area contributed by atoms with Crippen LogP contribution in [0, 0.1) is 0 Å². The molecular weight excluding hydrogens is 140 g/mol. The van der Waals surface area contributed by atoms with Crippen molar-refractivity contribution in [2.24, 2.45) is 0 Å². The van der Waals surface area contributed by atoms with Gasteiger partial charge in [0.1, 0.15) is 5.78 Å². The largest absolute Gasteiger partial charge is 0.318 e. The third kappa shape index (κ3) is 6.01. The molecule has 11 heavy (non-hydrogen) atoms. The molecule has 0 rings (SSSR count). The zero-order valence-corrected chi connectivity index (χ0v) is 7.68. The van der Waals surface area contributed by atoms with E-state index in [0.29, 0.717) is 18.7 Å². The van der Waals surface area contributed by atoms with E-state index in [1.54, 1.807) is 0 Å². The van der Waals surface area contributed by atoms with Gasteiger partial charge in [0.15, 0.2) is 0 Å². The fraction of sp³-hybridized carbons (Fsp3) is 0.875. The Morgan fingerprint density at radius 2 is 2.18 bits per heavy atom. The SMILES string of the molecule is CCC(=O)CN(C)CCNC. The minimum Gasteiger partial charge on any atom is -0.318 e. The number of hydrogen-bond donors (Lipinski definition) is 1. The number of nitrogens with one attached hydrogen (secondary N) is 1. The van der Waals surface area contributed by atoms with Crippen molar-refractivity contribution in [1.29, 1.82) is 0 Å². The second-order valence-corrected chi connectivity index (χ2v) is 2.73. The van der Waals surface area contributed by atoms with Crippen molar-refractivity contribution in [3.63, 3.8) is 0 Å². The Bertz CT molecular complexity index is 115. The summed E-state index contributed by atoms with van der Waals surface area (Å²) in [4.78, 5) is 13.0. The van der Waals surface area contributed by atoms with E-state index in [1.165, 1.54) is 0 Å². The zero-order chi connectivity index (χ0) is 8.69. The molecule has 0 aliphatic carbocycles. The summed E-state index contributed by atoms with van der Waals surface area (Å²) in [5, 5.41) is 3.04. The average molecular weight is 158 g/mol. The topological polar surface area (TPSA) is 32.3 Å². The number of carbonyl (C=O) groups is 1. The lowest BCUT2D eigenvalue weighted by Crippen LogP contribution is -2.31. The highest BCUT2D eigenvalue weighted by Gasteiger charge is 2.02. The van der Waals surface area contributed by atoms with Gasteiger partial charge in [-0.1, -0.05) is 6.92 Å². The van der Waals surface area contributed by atoms with E-state index in [2.05, 4.69) is 5.32 Å². The molecule has 66 valence electrons. The zero-order valence-electron chi connectivity index (χ0n) is 7.68. The van der Waals surface area contributed by atoms with Crippen LogP contribution in [0.1, 0.15) is 13.3 Å². The van der Waals surface area contributed by atoms with Gasteiger partial charge >= 0.3 is 0 Å². The first kappa shape index (κ1) is 10.6. The van der Waals surface area contributed by atoms with Crippen LogP contribution in [0.4, 0.5) is 0 Å². The second-order valence-electron chi connectivity index (χ2n) is 2.73. The second kappa shape index (κ2) is 6.31. The quantitative estimate of drug-likeness (QED) is 0.596. The lowest BCUT2D eigenvalue weighted by atomic mass is 10.3. The van der Waals surface area contributed by atoms with Crippen molar-refractivity contribution in [3.05, 3.63) is 0 Å². The van der Waals surface area contributed by atoms with Crippen molar-refractivity contribution in [2.75, 3.05) is 33.7 Å². The van der Waals surface area contributed by atoms with Crippen LogP contribution in [-0.2, 0) is 4.79 Å². The molecule has 0 atom stereocenters. The van der Waals surface area contributed by atoms with Crippen molar-refractivity contribution < 1.29 is 4.79 Å². The van der Waals surface area contributed by atoms with E-state index in [1.807, 2.05) is 25.9 Å². The Labute approximate surface area is 68.8 Å². The summed E-state index contributed by atoms with van der Waals surface area (Å²) in [5.41, 5.74) is 0. The van der Waals surface area contributed by atoms with Gasteiger partial charge < -0.3 is 5.32 Å². The molecule has 0 saturated carbocycles. The van der Waals surface area contributed by atoms with Gasteiger partial charge in [-0.05, 0) is 14.1 Å². The van der Waals surface area contributed by atoms with Crippen LogP contribution in [-0.4, -0.2) is 44.4 Å². The molecule has 0 radical (unpaired) electrons. The molecule has 0 bridgehead atoms.